The van der Waals surface area contributed by atoms with Gasteiger partial charge in [0.05, 0.1) is 30.4 Å². The summed E-state index contributed by atoms with van der Waals surface area (Å²) in [4.78, 5) is 4.34. The van der Waals surface area contributed by atoms with Gasteiger partial charge in [-0.1, -0.05) is 52.0 Å². The molecule has 0 amide bonds. The van der Waals surface area contributed by atoms with Gasteiger partial charge in [0, 0.05) is 11.5 Å². The van der Waals surface area contributed by atoms with Crippen molar-refractivity contribution >= 4 is 0 Å². The van der Waals surface area contributed by atoms with E-state index in [1.807, 2.05) is 12.5 Å². The lowest BCUT2D eigenvalue weighted by atomic mass is 9.79. The highest BCUT2D eigenvalue weighted by molar-refractivity contribution is 5.69. The maximum absolute atomic E-state index is 10.9. The molecule has 22 heavy (non-hydrogen) atoms. The zero-order valence-corrected chi connectivity index (χ0v) is 13.9. The molecule has 0 bridgehead atoms. The molecule has 2 heterocycles. The summed E-state index contributed by atoms with van der Waals surface area (Å²) in [5.74, 6) is 1.01. The molecule has 3 heteroatoms. The number of rotatable bonds is 5. The summed E-state index contributed by atoms with van der Waals surface area (Å²) < 4.78 is 2.25. The van der Waals surface area contributed by atoms with E-state index in [2.05, 4.69) is 61.5 Å². The molecule has 3 rings (SSSR count). The average Bonchev–Trinajstić information content (AvgIpc) is 3.04. The third-order valence-electron chi connectivity index (χ3n) is 4.79. The molecule has 2 aromatic rings. The minimum absolute atomic E-state index is 0.188. The van der Waals surface area contributed by atoms with Crippen LogP contribution in [0.1, 0.15) is 45.7 Å². The molecule has 0 saturated carbocycles. The number of aliphatic hydroxyl groups is 1. The van der Waals surface area contributed by atoms with Gasteiger partial charge in [0.1, 0.15) is 0 Å². The van der Waals surface area contributed by atoms with Gasteiger partial charge >= 0.3 is 0 Å². The molecular formula is C19H26N2O. The minimum Gasteiger partial charge on any atom is -0.392 e. The maximum Gasteiger partial charge on any atom is 0.0956 e. The van der Waals surface area contributed by atoms with Gasteiger partial charge in [-0.3, -0.25) is 0 Å². The zero-order chi connectivity index (χ0) is 15.9. The molecule has 1 aromatic carbocycles. The van der Waals surface area contributed by atoms with Crippen molar-refractivity contribution in [2.24, 2.45) is 17.8 Å². The predicted octanol–water partition coefficient (Wildman–Crippen LogP) is 4.13. The van der Waals surface area contributed by atoms with Crippen LogP contribution in [-0.2, 0) is 0 Å². The standard InChI is InChI=1S/C19H26N2O/c1-12(2)9-16(19(22)13(3)4)18-15-8-6-5-7-14(15)17-10-20-11-21(17)18/h5-8,10-13,16,18-19,22H,9H2,1-4H3/t16-,18+,19+/m0/s1. The van der Waals surface area contributed by atoms with Crippen molar-refractivity contribution < 1.29 is 5.11 Å². The summed E-state index contributed by atoms with van der Waals surface area (Å²) in [6.07, 6.45) is 4.55. The fourth-order valence-electron chi connectivity index (χ4n) is 3.80. The zero-order valence-electron chi connectivity index (χ0n) is 13.9. The molecule has 3 atom stereocenters. The van der Waals surface area contributed by atoms with Crippen LogP contribution in [0.15, 0.2) is 36.8 Å². The van der Waals surface area contributed by atoms with Crippen molar-refractivity contribution in [3.8, 4) is 11.3 Å². The van der Waals surface area contributed by atoms with Crippen molar-refractivity contribution in [1.82, 2.24) is 9.55 Å². The molecule has 0 radical (unpaired) electrons. The number of hydrogen-bond acceptors (Lipinski definition) is 2. The fourth-order valence-corrected chi connectivity index (χ4v) is 3.80. The Balaban J connectivity index is 2.08. The monoisotopic (exact) mass is 298 g/mol. The first-order valence-electron chi connectivity index (χ1n) is 8.30. The quantitative estimate of drug-likeness (QED) is 0.901. The Morgan fingerprint density at radius 1 is 1.18 bits per heavy atom. The van der Waals surface area contributed by atoms with Crippen molar-refractivity contribution in [3.05, 3.63) is 42.4 Å². The number of aliphatic hydroxyl groups excluding tert-OH is 1. The van der Waals surface area contributed by atoms with Crippen molar-refractivity contribution in [2.75, 3.05) is 0 Å². The van der Waals surface area contributed by atoms with E-state index in [-0.39, 0.29) is 24.0 Å². The fraction of sp³-hybridized carbons (Fsp3) is 0.526. The smallest absolute Gasteiger partial charge is 0.0956 e. The van der Waals surface area contributed by atoms with Crippen LogP contribution >= 0.6 is 0 Å². The third-order valence-corrected chi connectivity index (χ3v) is 4.79. The van der Waals surface area contributed by atoms with Crippen LogP contribution < -0.4 is 0 Å². The molecular weight excluding hydrogens is 272 g/mol. The summed E-state index contributed by atoms with van der Waals surface area (Å²) in [6.45, 7) is 8.67. The van der Waals surface area contributed by atoms with Gasteiger partial charge in [-0.15, -0.1) is 0 Å². The van der Waals surface area contributed by atoms with Crippen molar-refractivity contribution in [1.29, 1.82) is 0 Å². The summed E-state index contributed by atoms with van der Waals surface area (Å²) in [6, 6.07) is 8.73. The minimum atomic E-state index is -0.311. The number of fused-ring (bicyclic) bond motifs is 3. The predicted molar refractivity (Wildman–Crippen MR) is 89.6 cm³/mol. The van der Waals surface area contributed by atoms with E-state index in [1.165, 1.54) is 16.8 Å². The molecule has 0 aliphatic carbocycles. The Bertz CT molecular complexity index is 644. The van der Waals surface area contributed by atoms with Crippen LogP contribution in [-0.4, -0.2) is 20.8 Å². The largest absolute Gasteiger partial charge is 0.392 e. The van der Waals surface area contributed by atoms with Gasteiger partial charge < -0.3 is 9.67 Å². The second kappa shape index (κ2) is 5.88. The third kappa shape index (κ3) is 2.48. The highest BCUT2D eigenvalue weighted by Gasteiger charge is 2.38. The average molecular weight is 298 g/mol. The summed E-state index contributed by atoms with van der Waals surface area (Å²) in [5.41, 5.74) is 3.75. The van der Waals surface area contributed by atoms with E-state index in [9.17, 15) is 5.11 Å². The number of nitrogens with zero attached hydrogens (tertiary/aromatic N) is 2. The molecule has 3 nitrogen and oxygen atoms in total. The van der Waals surface area contributed by atoms with Crippen molar-refractivity contribution in [2.45, 2.75) is 46.3 Å². The highest BCUT2D eigenvalue weighted by atomic mass is 16.3. The lowest BCUT2D eigenvalue weighted by molar-refractivity contribution is 0.0364. The van der Waals surface area contributed by atoms with Crippen LogP contribution in [0, 0.1) is 17.8 Å². The number of hydrogen-bond donors (Lipinski definition) is 1. The Morgan fingerprint density at radius 3 is 2.59 bits per heavy atom. The van der Waals surface area contributed by atoms with E-state index in [0.717, 1.165) is 6.42 Å². The van der Waals surface area contributed by atoms with Crippen LogP contribution in [0.3, 0.4) is 0 Å². The maximum atomic E-state index is 10.9. The Kier molecular flexibility index (Phi) is 4.09. The Labute approximate surface area is 133 Å². The van der Waals surface area contributed by atoms with Crippen molar-refractivity contribution in [3.63, 3.8) is 0 Å². The number of aromatic nitrogens is 2. The SMILES string of the molecule is CC(C)C[C@H]([C@H](O)C(C)C)[C@H]1c2ccccc2-c2cncn21. The van der Waals surface area contributed by atoms with Gasteiger partial charge in [-0.05, 0) is 23.8 Å². The molecule has 1 aliphatic heterocycles. The molecule has 118 valence electrons. The van der Waals surface area contributed by atoms with E-state index in [4.69, 9.17) is 0 Å². The molecule has 0 unspecified atom stereocenters. The first-order valence-corrected chi connectivity index (χ1v) is 8.30. The highest BCUT2D eigenvalue weighted by Crippen LogP contribution is 2.46. The molecule has 0 fully saturated rings. The van der Waals surface area contributed by atoms with Gasteiger partial charge in [0.2, 0.25) is 0 Å². The second-order valence-electron chi connectivity index (χ2n) is 7.25. The lowest BCUT2D eigenvalue weighted by Crippen LogP contribution is -2.34. The van der Waals surface area contributed by atoms with Crippen LogP contribution in [0.5, 0.6) is 0 Å². The first-order chi connectivity index (χ1) is 10.5. The topological polar surface area (TPSA) is 38.1 Å². The van der Waals surface area contributed by atoms with Gasteiger partial charge in [0.25, 0.3) is 0 Å². The van der Waals surface area contributed by atoms with E-state index in [0.29, 0.717) is 5.92 Å². The molecule has 1 N–H and O–H groups in total. The first kappa shape index (κ1) is 15.3. The molecule has 1 aromatic heterocycles. The van der Waals surface area contributed by atoms with Gasteiger partial charge in [-0.2, -0.15) is 0 Å². The molecule has 0 spiro atoms. The number of benzene rings is 1. The van der Waals surface area contributed by atoms with Crippen LogP contribution in [0.4, 0.5) is 0 Å². The summed E-state index contributed by atoms with van der Waals surface area (Å²) in [5, 5.41) is 10.9. The van der Waals surface area contributed by atoms with Gasteiger partial charge in [0.15, 0.2) is 0 Å². The van der Waals surface area contributed by atoms with E-state index in [1.54, 1.807) is 0 Å². The Hall–Kier alpha value is -1.61. The normalized spacial score (nSPS) is 19.3. The Morgan fingerprint density at radius 2 is 1.91 bits per heavy atom. The van der Waals surface area contributed by atoms with Crippen LogP contribution in [0.2, 0.25) is 0 Å². The van der Waals surface area contributed by atoms with E-state index >= 15 is 0 Å². The lowest BCUT2D eigenvalue weighted by Gasteiger charge is -2.33. The number of imidazole rings is 1. The second-order valence-corrected chi connectivity index (χ2v) is 7.25. The summed E-state index contributed by atoms with van der Waals surface area (Å²) >= 11 is 0. The molecule has 0 saturated heterocycles. The van der Waals surface area contributed by atoms with E-state index < -0.39 is 0 Å². The summed E-state index contributed by atoms with van der Waals surface area (Å²) in [7, 11) is 0. The van der Waals surface area contributed by atoms with Crippen LogP contribution in [0.25, 0.3) is 11.3 Å². The van der Waals surface area contributed by atoms with Gasteiger partial charge in [-0.25, -0.2) is 4.98 Å². The molecule has 1 aliphatic rings.